The van der Waals surface area contributed by atoms with Crippen LogP contribution in [0.15, 0.2) is 30.3 Å². The fourth-order valence-electron chi connectivity index (χ4n) is 2.55. The van der Waals surface area contributed by atoms with E-state index in [0.717, 1.165) is 18.4 Å². The minimum Gasteiger partial charge on any atom is -0.443 e. The Hall–Kier alpha value is -2.08. The molecule has 2 aliphatic rings. The van der Waals surface area contributed by atoms with Gasteiger partial charge in [-0.15, -0.1) is 5.48 Å². The van der Waals surface area contributed by atoms with Gasteiger partial charge in [0.15, 0.2) is 0 Å². The van der Waals surface area contributed by atoms with Crippen LogP contribution in [0.3, 0.4) is 0 Å². The number of rotatable bonds is 3. The molecule has 1 saturated heterocycles. The molecule has 3 atom stereocenters. The molecule has 1 aliphatic carbocycles. The molecule has 1 saturated carbocycles. The highest BCUT2D eigenvalue weighted by atomic mass is 16.7. The van der Waals surface area contributed by atoms with E-state index in [-0.39, 0.29) is 18.6 Å². The summed E-state index contributed by atoms with van der Waals surface area (Å²) in [7, 11) is 0. The third kappa shape index (κ3) is 3.72. The normalized spacial score (nSPS) is 26.4. The molecule has 21 heavy (non-hydrogen) atoms. The van der Waals surface area contributed by atoms with E-state index < -0.39 is 12.1 Å². The van der Waals surface area contributed by atoms with E-state index in [9.17, 15) is 9.59 Å². The first-order valence-electron chi connectivity index (χ1n) is 7.05. The highest BCUT2D eigenvalue weighted by molar-refractivity contribution is 5.75. The molecule has 3 rings (SSSR count). The van der Waals surface area contributed by atoms with Gasteiger partial charge in [-0.1, -0.05) is 30.3 Å². The van der Waals surface area contributed by atoms with Gasteiger partial charge in [0.2, 0.25) is 0 Å². The summed E-state index contributed by atoms with van der Waals surface area (Å²) in [6, 6.07) is 9.27. The summed E-state index contributed by atoms with van der Waals surface area (Å²) in [5, 5.41) is 0. The summed E-state index contributed by atoms with van der Waals surface area (Å²) in [5.74, 6) is -0.635. The molecule has 2 fully saturated rings. The highest BCUT2D eigenvalue weighted by Gasteiger charge is 2.46. The van der Waals surface area contributed by atoms with Gasteiger partial charge in [-0.05, 0) is 24.8 Å². The van der Waals surface area contributed by atoms with E-state index >= 15 is 0 Å². The van der Waals surface area contributed by atoms with Crippen LogP contribution in [0.5, 0.6) is 0 Å². The maximum Gasteiger partial charge on any atom is 0.441 e. The fraction of sp³-hybridized carbons (Fsp3) is 0.467. The zero-order valence-corrected chi connectivity index (χ0v) is 11.5. The second kappa shape index (κ2) is 6.13. The minimum atomic E-state index is -0.774. The van der Waals surface area contributed by atoms with E-state index in [2.05, 4.69) is 0 Å². The molecule has 1 aliphatic heterocycles. The average Bonchev–Trinajstić information content (AvgIpc) is 3.30. The second-order valence-corrected chi connectivity index (χ2v) is 5.31. The number of epoxide rings is 1. The number of hydrogen-bond acceptors (Lipinski definition) is 5. The van der Waals surface area contributed by atoms with E-state index in [0.29, 0.717) is 12.5 Å². The first-order chi connectivity index (χ1) is 10.2. The van der Waals surface area contributed by atoms with Crippen molar-refractivity contribution in [2.75, 3.05) is 0 Å². The van der Waals surface area contributed by atoms with Crippen LogP contribution in [-0.2, 0) is 25.7 Å². The first-order valence-corrected chi connectivity index (χ1v) is 7.05. The van der Waals surface area contributed by atoms with Crippen LogP contribution >= 0.6 is 0 Å². The molecule has 6 nitrogen and oxygen atoms in total. The molecule has 0 spiro atoms. The van der Waals surface area contributed by atoms with Crippen molar-refractivity contribution in [3.63, 3.8) is 0 Å². The Bertz CT molecular complexity index is 518. The van der Waals surface area contributed by atoms with Crippen LogP contribution in [0, 0.1) is 5.92 Å². The van der Waals surface area contributed by atoms with Crippen molar-refractivity contribution in [2.24, 2.45) is 5.92 Å². The lowest BCUT2D eigenvalue weighted by Gasteiger charge is -2.16. The summed E-state index contributed by atoms with van der Waals surface area (Å²) in [5.41, 5.74) is 2.89. The summed E-state index contributed by atoms with van der Waals surface area (Å²) in [6.45, 7) is 0.130. The lowest BCUT2D eigenvalue weighted by molar-refractivity contribution is -0.155. The Kier molecular flexibility index (Phi) is 4.06. The van der Waals surface area contributed by atoms with E-state index in [1.165, 1.54) is 0 Å². The minimum absolute atomic E-state index is 0.130. The van der Waals surface area contributed by atoms with E-state index in [4.69, 9.17) is 14.3 Å². The second-order valence-electron chi connectivity index (χ2n) is 5.31. The summed E-state index contributed by atoms with van der Waals surface area (Å²) in [4.78, 5) is 28.0. The molecule has 112 valence electrons. The van der Waals surface area contributed by atoms with Crippen molar-refractivity contribution >= 4 is 12.1 Å². The zero-order chi connectivity index (χ0) is 14.7. The largest absolute Gasteiger partial charge is 0.443 e. The van der Waals surface area contributed by atoms with Crippen LogP contribution in [0.1, 0.15) is 24.8 Å². The monoisotopic (exact) mass is 291 g/mol. The predicted octanol–water partition coefficient (Wildman–Crippen LogP) is 1.94. The van der Waals surface area contributed by atoms with Crippen molar-refractivity contribution in [3.05, 3.63) is 35.9 Å². The van der Waals surface area contributed by atoms with Gasteiger partial charge in [0.25, 0.3) is 0 Å². The topological polar surface area (TPSA) is 77.2 Å². The molecular formula is C15H17NO5. The van der Waals surface area contributed by atoms with Crippen LogP contribution in [0.25, 0.3) is 0 Å². The van der Waals surface area contributed by atoms with Crippen molar-refractivity contribution in [3.8, 4) is 0 Å². The van der Waals surface area contributed by atoms with E-state index in [1.54, 1.807) is 0 Å². The maximum atomic E-state index is 11.8. The number of nitrogens with one attached hydrogen (secondary N) is 1. The van der Waals surface area contributed by atoms with Crippen molar-refractivity contribution in [1.82, 2.24) is 5.48 Å². The van der Waals surface area contributed by atoms with Crippen molar-refractivity contribution < 1.29 is 23.9 Å². The standard InChI is InChI=1S/C15H17NO5/c17-14(11-6-7-12-13(8-11)20-12)21-16-15(18)19-9-10-4-2-1-3-5-10/h1-5,11-13H,6-9H2,(H,16,18). The highest BCUT2D eigenvalue weighted by Crippen LogP contribution is 2.39. The smallest absolute Gasteiger partial charge is 0.441 e. The van der Waals surface area contributed by atoms with Gasteiger partial charge in [-0.3, -0.25) is 0 Å². The Morgan fingerprint density at radius 2 is 2.00 bits per heavy atom. The first kappa shape index (κ1) is 13.9. The zero-order valence-electron chi connectivity index (χ0n) is 11.5. The SMILES string of the molecule is O=C(NOC(=O)C1CCC2OC2C1)OCc1ccccc1. The molecule has 6 heteroatoms. The fourth-order valence-corrected chi connectivity index (χ4v) is 2.55. The van der Waals surface area contributed by atoms with Gasteiger partial charge < -0.3 is 14.3 Å². The third-order valence-electron chi connectivity index (χ3n) is 3.79. The van der Waals surface area contributed by atoms with Crippen LogP contribution in [-0.4, -0.2) is 24.3 Å². The summed E-state index contributed by atoms with van der Waals surface area (Å²) < 4.78 is 10.3. The quantitative estimate of drug-likeness (QED) is 0.680. The third-order valence-corrected chi connectivity index (χ3v) is 3.79. The average molecular weight is 291 g/mol. The number of amides is 1. The van der Waals surface area contributed by atoms with Gasteiger partial charge in [0, 0.05) is 0 Å². The van der Waals surface area contributed by atoms with Crippen LogP contribution < -0.4 is 5.48 Å². The lowest BCUT2D eigenvalue weighted by Crippen LogP contribution is -2.32. The summed E-state index contributed by atoms with van der Waals surface area (Å²) in [6.07, 6.45) is 2.04. The molecule has 1 aromatic carbocycles. The number of hydrogen-bond donors (Lipinski definition) is 1. The van der Waals surface area contributed by atoms with Gasteiger partial charge in [-0.25, -0.2) is 9.59 Å². The van der Waals surface area contributed by atoms with Gasteiger partial charge >= 0.3 is 12.1 Å². The number of hydroxylamine groups is 1. The van der Waals surface area contributed by atoms with Crippen molar-refractivity contribution in [1.29, 1.82) is 0 Å². The molecule has 1 amide bonds. The molecule has 1 heterocycles. The van der Waals surface area contributed by atoms with Crippen LogP contribution in [0.2, 0.25) is 0 Å². The molecule has 0 aromatic heterocycles. The number of benzene rings is 1. The van der Waals surface area contributed by atoms with E-state index in [1.807, 2.05) is 35.8 Å². The Balaban J connectivity index is 1.36. The predicted molar refractivity (Wildman–Crippen MR) is 71.9 cm³/mol. The Labute approximate surface area is 122 Å². The Morgan fingerprint density at radius 3 is 2.76 bits per heavy atom. The molecular weight excluding hydrogens is 274 g/mol. The maximum absolute atomic E-state index is 11.8. The van der Waals surface area contributed by atoms with Gasteiger partial charge in [0.1, 0.15) is 6.61 Å². The number of fused-ring (bicyclic) bond motifs is 1. The van der Waals surface area contributed by atoms with Gasteiger partial charge in [-0.2, -0.15) is 0 Å². The Morgan fingerprint density at radius 1 is 1.19 bits per heavy atom. The molecule has 0 bridgehead atoms. The van der Waals surface area contributed by atoms with Gasteiger partial charge in [0.05, 0.1) is 18.1 Å². The molecule has 1 aromatic rings. The number of ether oxygens (including phenoxy) is 2. The van der Waals surface area contributed by atoms with Crippen molar-refractivity contribution in [2.45, 2.75) is 38.1 Å². The molecule has 3 unspecified atom stereocenters. The number of carbonyl (C=O) groups excluding carboxylic acids is 2. The summed E-state index contributed by atoms with van der Waals surface area (Å²) >= 11 is 0. The molecule has 0 radical (unpaired) electrons. The lowest BCUT2D eigenvalue weighted by atomic mass is 9.89. The molecule has 1 N–H and O–H groups in total. The van der Waals surface area contributed by atoms with Crippen LogP contribution in [0.4, 0.5) is 4.79 Å². The number of carbonyl (C=O) groups is 2.